The SMILES string of the molecule is CC1CCN(CC2CCN(c3cc4c(cc3F)C(=O)N(C3CCC(=O)NC3=O)C4=O)C(C)C2)C1. The van der Waals surface area contributed by atoms with Crippen molar-refractivity contribution in [1.29, 1.82) is 0 Å². The van der Waals surface area contributed by atoms with Gasteiger partial charge < -0.3 is 9.80 Å². The van der Waals surface area contributed by atoms with E-state index in [-0.39, 0.29) is 30.0 Å². The summed E-state index contributed by atoms with van der Waals surface area (Å²) in [5.41, 5.74) is 0.416. The van der Waals surface area contributed by atoms with Gasteiger partial charge in [-0.15, -0.1) is 0 Å². The second kappa shape index (κ2) is 8.76. The minimum atomic E-state index is -1.06. The van der Waals surface area contributed by atoms with Gasteiger partial charge in [-0.3, -0.25) is 29.4 Å². The number of hydrogen-bond acceptors (Lipinski definition) is 6. The number of nitrogens with zero attached hydrogens (tertiary/aromatic N) is 3. The number of carbonyl (C=O) groups is 4. The van der Waals surface area contributed by atoms with Gasteiger partial charge in [0.05, 0.1) is 16.8 Å². The summed E-state index contributed by atoms with van der Waals surface area (Å²) in [7, 11) is 0. The summed E-state index contributed by atoms with van der Waals surface area (Å²) < 4.78 is 15.2. The van der Waals surface area contributed by atoms with E-state index < -0.39 is 35.5 Å². The molecule has 4 amide bonds. The van der Waals surface area contributed by atoms with Crippen molar-refractivity contribution < 1.29 is 23.6 Å². The Morgan fingerprint density at radius 3 is 2.38 bits per heavy atom. The Balaban J connectivity index is 1.33. The number of nitrogens with one attached hydrogen (secondary N) is 1. The first-order valence-corrected chi connectivity index (χ1v) is 12.3. The lowest BCUT2D eigenvalue weighted by atomic mass is 9.90. The van der Waals surface area contributed by atoms with Gasteiger partial charge in [0.25, 0.3) is 11.8 Å². The summed E-state index contributed by atoms with van der Waals surface area (Å²) in [6, 6.07) is 1.64. The lowest BCUT2D eigenvalue weighted by molar-refractivity contribution is -0.136. The minimum Gasteiger partial charge on any atom is -0.366 e. The Morgan fingerprint density at radius 2 is 1.74 bits per heavy atom. The standard InChI is InChI=1S/C25H31FN4O4/c1-14-5-7-28(12-14)13-16-6-8-29(15(2)9-16)21-11-18-17(10-19(21)26)24(33)30(25(18)34)20-3-4-22(31)27-23(20)32/h10-11,14-16,20H,3-9,12-13H2,1-2H3,(H,27,31,32). The van der Waals surface area contributed by atoms with E-state index in [9.17, 15) is 19.2 Å². The minimum absolute atomic E-state index is 0.0263. The lowest BCUT2D eigenvalue weighted by Gasteiger charge is -2.40. The van der Waals surface area contributed by atoms with Crippen molar-refractivity contribution in [3.8, 4) is 0 Å². The van der Waals surface area contributed by atoms with Crippen LogP contribution in [0.5, 0.6) is 0 Å². The number of halogens is 1. The molecule has 4 aliphatic heterocycles. The largest absolute Gasteiger partial charge is 0.366 e. The molecule has 3 saturated heterocycles. The molecule has 0 radical (unpaired) electrons. The Labute approximate surface area is 198 Å². The summed E-state index contributed by atoms with van der Waals surface area (Å²) in [4.78, 5) is 55.2. The summed E-state index contributed by atoms with van der Waals surface area (Å²) in [5.74, 6) is -1.63. The predicted molar refractivity (Wildman–Crippen MR) is 123 cm³/mol. The number of imide groups is 2. The highest BCUT2D eigenvalue weighted by molar-refractivity contribution is 6.23. The number of hydrogen-bond donors (Lipinski definition) is 1. The van der Waals surface area contributed by atoms with Crippen LogP contribution in [0.2, 0.25) is 0 Å². The van der Waals surface area contributed by atoms with Crippen LogP contribution in [0.1, 0.15) is 66.7 Å². The Hall–Kier alpha value is -2.81. The van der Waals surface area contributed by atoms with Crippen LogP contribution in [0.15, 0.2) is 12.1 Å². The van der Waals surface area contributed by atoms with Crippen LogP contribution in [-0.2, 0) is 9.59 Å². The maximum absolute atomic E-state index is 15.2. The maximum atomic E-state index is 15.2. The Bertz CT molecular complexity index is 1060. The van der Waals surface area contributed by atoms with E-state index in [1.807, 2.05) is 4.90 Å². The lowest BCUT2D eigenvalue weighted by Crippen LogP contribution is -2.54. The van der Waals surface area contributed by atoms with Crippen LogP contribution >= 0.6 is 0 Å². The fraction of sp³-hybridized carbons (Fsp3) is 0.600. The second-order valence-corrected chi connectivity index (χ2v) is 10.4. The molecule has 3 fully saturated rings. The van der Waals surface area contributed by atoms with Gasteiger partial charge in [0, 0.05) is 32.1 Å². The fourth-order valence-corrected chi connectivity index (χ4v) is 6.05. The highest BCUT2D eigenvalue weighted by atomic mass is 19.1. The van der Waals surface area contributed by atoms with Crippen molar-refractivity contribution in [1.82, 2.24) is 15.1 Å². The predicted octanol–water partition coefficient (Wildman–Crippen LogP) is 2.17. The van der Waals surface area contributed by atoms with Gasteiger partial charge >= 0.3 is 0 Å². The van der Waals surface area contributed by atoms with Crippen molar-refractivity contribution in [2.75, 3.05) is 31.1 Å². The Kier molecular flexibility index (Phi) is 5.91. The van der Waals surface area contributed by atoms with Gasteiger partial charge in [-0.1, -0.05) is 6.92 Å². The number of amides is 4. The van der Waals surface area contributed by atoms with Crippen LogP contribution in [0, 0.1) is 17.7 Å². The third-order valence-electron chi connectivity index (χ3n) is 7.83. The summed E-state index contributed by atoms with van der Waals surface area (Å²) >= 11 is 0. The molecule has 0 saturated carbocycles. The zero-order valence-electron chi connectivity index (χ0n) is 19.7. The molecule has 0 bridgehead atoms. The van der Waals surface area contributed by atoms with Gasteiger partial charge in [0.2, 0.25) is 11.8 Å². The van der Waals surface area contributed by atoms with Gasteiger partial charge in [0.1, 0.15) is 11.9 Å². The molecular formula is C25H31FN4O4. The van der Waals surface area contributed by atoms with Gasteiger partial charge in [0.15, 0.2) is 0 Å². The molecule has 1 aromatic rings. The normalized spacial score (nSPS) is 30.2. The molecule has 4 unspecified atom stereocenters. The van der Waals surface area contributed by atoms with E-state index >= 15 is 4.39 Å². The first-order chi connectivity index (χ1) is 16.2. The van der Waals surface area contributed by atoms with Crippen LogP contribution in [0.25, 0.3) is 0 Å². The van der Waals surface area contributed by atoms with Crippen LogP contribution < -0.4 is 10.2 Å². The third-order valence-corrected chi connectivity index (χ3v) is 7.83. The van der Waals surface area contributed by atoms with Gasteiger partial charge in [-0.25, -0.2) is 4.39 Å². The topological polar surface area (TPSA) is 90.0 Å². The first kappa shape index (κ1) is 23.0. The molecule has 1 aromatic carbocycles. The van der Waals surface area contributed by atoms with Crippen LogP contribution in [0.3, 0.4) is 0 Å². The van der Waals surface area contributed by atoms with Crippen molar-refractivity contribution in [2.24, 2.45) is 11.8 Å². The average Bonchev–Trinajstić information content (AvgIpc) is 3.29. The number of rotatable bonds is 4. The zero-order chi connectivity index (χ0) is 24.1. The van der Waals surface area contributed by atoms with E-state index in [1.165, 1.54) is 12.5 Å². The molecule has 4 atom stereocenters. The molecule has 1 N–H and O–H groups in total. The quantitative estimate of drug-likeness (QED) is 0.679. The van der Waals surface area contributed by atoms with E-state index in [1.54, 1.807) is 0 Å². The summed E-state index contributed by atoms with van der Waals surface area (Å²) in [6.45, 7) is 8.42. The molecule has 5 rings (SSSR count). The van der Waals surface area contributed by atoms with Gasteiger partial charge in [-0.2, -0.15) is 0 Å². The molecule has 182 valence electrons. The first-order valence-electron chi connectivity index (χ1n) is 12.3. The molecule has 4 heterocycles. The van der Waals surface area contributed by atoms with Crippen LogP contribution in [0.4, 0.5) is 10.1 Å². The van der Waals surface area contributed by atoms with E-state index in [4.69, 9.17) is 0 Å². The summed E-state index contributed by atoms with van der Waals surface area (Å²) in [6.07, 6.45) is 3.26. The average molecular weight is 471 g/mol. The van der Waals surface area contributed by atoms with E-state index in [0.717, 1.165) is 49.4 Å². The Morgan fingerprint density at radius 1 is 1.00 bits per heavy atom. The number of fused-ring (bicyclic) bond motifs is 1. The highest BCUT2D eigenvalue weighted by Crippen LogP contribution is 2.36. The van der Waals surface area contributed by atoms with Crippen molar-refractivity contribution in [2.45, 2.75) is 58.0 Å². The van der Waals surface area contributed by atoms with Crippen molar-refractivity contribution in [3.63, 3.8) is 0 Å². The number of benzene rings is 1. The van der Waals surface area contributed by atoms with Crippen molar-refractivity contribution in [3.05, 3.63) is 29.1 Å². The number of anilines is 1. The number of carbonyl (C=O) groups excluding carboxylic acids is 4. The molecule has 0 aromatic heterocycles. The van der Waals surface area contributed by atoms with Crippen LogP contribution in [-0.4, -0.2) is 71.7 Å². The molecule has 0 spiro atoms. The zero-order valence-corrected chi connectivity index (χ0v) is 19.7. The molecule has 34 heavy (non-hydrogen) atoms. The number of likely N-dealkylation sites (tertiary alicyclic amines) is 1. The maximum Gasteiger partial charge on any atom is 0.262 e. The van der Waals surface area contributed by atoms with Crippen molar-refractivity contribution >= 4 is 29.3 Å². The highest BCUT2D eigenvalue weighted by Gasteiger charge is 2.45. The molecule has 8 nitrogen and oxygen atoms in total. The third kappa shape index (κ3) is 4.00. The smallest absolute Gasteiger partial charge is 0.262 e. The second-order valence-electron chi connectivity index (χ2n) is 10.4. The van der Waals surface area contributed by atoms with E-state index in [2.05, 4.69) is 24.1 Å². The molecule has 9 heteroatoms. The van der Waals surface area contributed by atoms with Gasteiger partial charge in [-0.05, 0) is 63.1 Å². The molecule has 0 aliphatic carbocycles. The molecular weight excluding hydrogens is 439 g/mol. The fourth-order valence-electron chi connectivity index (χ4n) is 6.05. The number of piperidine rings is 2. The monoisotopic (exact) mass is 470 g/mol. The molecule has 4 aliphatic rings. The summed E-state index contributed by atoms with van der Waals surface area (Å²) in [5, 5.41) is 2.18. The van der Waals surface area contributed by atoms with E-state index in [0.29, 0.717) is 18.2 Å².